The van der Waals surface area contributed by atoms with E-state index in [0.29, 0.717) is 23.6 Å². The van der Waals surface area contributed by atoms with Crippen LogP contribution in [0, 0.1) is 13.8 Å². The standard InChI is InChI=1S/C19H20Cl2N2O2/c1-4-5-17(24)23-18-14(9-13(20)10-15(18)21)19(25)22-16-8-11(2)6-7-12(16)3/h6-10H,4-5H2,1-3H3,(H,22,25)(H,23,24). The average Bonchev–Trinajstić information content (AvgIpc) is 2.53. The van der Waals surface area contributed by atoms with Crippen molar-refractivity contribution in [1.82, 2.24) is 0 Å². The number of rotatable bonds is 5. The van der Waals surface area contributed by atoms with Crippen molar-refractivity contribution in [3.05, 3.63) is 57.1 Å². The maximum absolute atomic E-state index is 12.8. The van der Waals surface area contributed by atoms with Crippen molar-refractivity contribution in [3.63, 3.8) is 0 Å². The van der Waals surface area contributed by atoms with Crippen LogP contribution in [-0.2, 0) is 4.79 Å². The van der Waals surface area contributed by atoms with Gasteiger partial charge in [0.2, 0.25) is 5.91 Å². The molecule has 2 aromatic rings. The Morgan fingerprint density at radius 2 is 1.76 bits per heavy atom. The van der Waals surface area contributed by atoms with Crippen LogP contribution in [0.5, 0.6) is 0 Å². The molecule has 0 aliphatic carbocycles. The number of anilines is 2. The first-order chi connectivity index (χ1) is 11.8. The summed E-state index contributed by atoms with van der Waals surface area (Å²) >= 11 is 12.2. The number of amides is 2. The SMILES string of the molecule is CCCC(=O)Nc1c(Cl)cc(Cl)cc1C(=O)Nc1cc(C)ccc1C. The number of carbonyl (C=O) groups excluding carboxylic acids is 2. The summed E-state index contributed by atoms with van der Waals surface area (Å²) < 4.78 is 0. The van der Waals surface area contributed by atoms with Gasteiger partial charge in [-0.25, -0.2) is 0 Å². The maximum Gasteiger partial charge on any atom is 0.257 e. The van der Waals surface area contributed by atoms with Crippen LogP contribution in [0.4, 0.5) is 11.4 Å². The van der Waals surface area contributed by atoms with Gasteiger partial charge in [0, 0.05) is 17.1 Å². The number of halogens is 2. The van der Waals surface area contributed by atoms with E-state index in [2.05, 4.69) is 10.6 Å². The Morgan fingerprint density at radius 1 is 1.04 bits per heavy atom. The summed E-state index contributed by atoms with van der Waals surface area (Å²) in [5.74, 6) is -0.586. The second-order valence-electron chi connectivity index (χ2n) is 5.88. The summed E-state index contributed by atoms with van der Waals surface area (Å²) in [6.45, 7) is 5.75. The van der Waals surface area contributed by atoms with Gasteiger partial charge in [0.15, 0.2) is 0 Å². The number of aryl methyl sites for hydroxylation is 2. The molecule has 2 amide bonds. The molecule has 25 heavy (non-hydrogen) atoms. The van der Waals surface area contributed by atoms with Crippen molar-refractivity contribution >= 4 is 46.4 Å². The van der Waals surface area contributed by atoms with E-state index < -0.39 is 0 Å². The Bertz CT molecular complexity index is 819. The lowest BCUT2D eigenvalue weighted by molar-refractivity contribution is -0.116. The highest BCUT2D eigenvalue weighted by Crippen LogP contribution is 2.31. The molecular weight excluding hydrogens is 359 g/mol. The minimum Gasteiger partial charge on any atom is -0.324 e. The highest BCUT2D eigenvalue weighted by molar-refractivity contribution is 6.38. The number of nitrogens with one attached hydrogen (secondary N) is 2. The summed E-state index contributed by atoms with van der Waals surface area (Å²) in [6.07, 6.45) is 1.04. The molecule has 132 valence electrons. The molecule has 0 heterocycles. The predicted molar refractivity (Wildman–Crippen MR) is 104 cm³/mol. The van der Waals surface area contributed by atoms with Gasteiger partial charge in [-0.15, -0.1) is 0 Å². The van der Waals surface area contributed by atoms with E-state index in [0.717, 1.165) is 11.1 Å². The van der Waals surface area contributed by atoms with Crippen LogP contribution in [0.2, 0.25) is 10.0 Å². The number of benzene rings is 2. The first-order valence-corrected chi connectivity index (χ1v) is 8.75. The summed E-state index contributed by atoms with van der Waals surface area (Å²) in [4.78, 5) is 24.7. The van der Waals surface area contributed by atoms with Gasteiger partial charge in [-0.1, -0.05) is 42.3 Å². The maximum atomic E-state index is 12.8. The lowest BCUT2D eigenvalue weighted by atomic mass is 10.1. The molecule has 4 nitrogen and oxygen atoms in total. The van der Waals surface area contributed by atoms with E-state index in [1.54, 1.807) is 0 Å². The second kappa shape index (κ2) is 8.37. The van der Waals surface area contributed by atoms with Gasteiger partial charge in [0.1, 0.15) is 0 Å². The molecular formula is C19H20Cl2N2O2. The van der Waals surface area contributed by atoms with Crippen molar-refractivity contribution in [3.8, 4) is 0 Å². The third-order valence-electron chi connectivity index (χ3n) is 3.68. The normalized spacial score (nSPS) is 10.4. The van der Waals surface area contributed by atoms with Gasteiger partial charge < -0.3 is 10.6 Å². The van der Waals surface area contributed by atoms with Crippen LogP contribution in [0.15, 0.2) is 30.3 Å². The van der Waals surface area contributed by atoms with E-state index >= 15 is 0 Å². The van der Waals surface area contributed by atoms with Gasteiger partial charge in [-0.05, 0) is 49.6 Å². The average molecular weight is 379 g/mol. The summed E-state index contributed by atoms with van der Waals surface area (Å²) in [5.41, 5.74) is 3.16. The van der Waals surface area contributed by atoms with Gasteiger partial charge in [0.25, 0.3) is 5.91 Å². The Labute approximate surface area is 157 Å². The van der Waals surface area contributed by atoms with Crippen LogP contribution < -0.4 is 10.6 Å². The highest BCUT2D eigenvalue weighted by Gasteiger charge is 2.18. The molecule has 6 heteroatoms. The van der Waals surface area contributed by atoms with E-state index in [1.807, 2.05) is 39.0 Å². The molecule has 0 fully saturated rings. The van der Waals surface area contributed by atoms with Gasteiger partial charge in [0.05, 0.1) is 16.3 Å². The summed E-state index contributed by atoms with van der Waals surface area (Å²) in [5, 5.41) is 6.12. The van der Waals surface area contributed by atoms with Crippen molar-refractivity contribution in [2.45, 2.75) is 33.6 Å². The third-order valence-corrected chi connectivity index (χ3v) is 4.20. The Morgan fingerprint density at radius 3 is 2.44 bits per heavy atom. The molecule has 0 unspecified atom stereocenters. The minimum absolute atomic E-state index is 0.201. The van der Waals surface area contributed by atoms with Crippen molar-refractivity contribution in [2.24, 2.45) is 0 Å². The van der Waals surface area contributed by atoms with Gasteiger partial charge in [-0.2, -0.15) is 0 Å². The fourth-order valence-electron chi connectivity index (χ4n) is 2.37. The van der Waals surface area contributed by atoms with Crippen LogP contribution >= 0.6 is 23.2 Å². The molecule has 0 aromatic heterocycles. The fourth-order valence-corrected chi connectivity index (χ4v) is 2.91. The lowest BCUT2D eigenvalue weighted by Gasteiger charge is -2.15. The van der Waals surface area contributed by atoms with Crippen molar-refractivity contribution in [2.75, 3.05) is 10.6 Å². The van der Waals surface area contributed by atoms with Crippen LogP contribution in [-0.4, -0.2) is 11.8 Å². The van der Waals surface area contributed by atoms with E-state index in [9.17, 15) is 9.59 Å². The van der Waals surface area contributed by atoms with Crippen LogP contribution in [0.1, 0.15) is 41.3 Å². The molecule has 2 aromatic carbocycles. The number of carbonyl (C=O) groups is 2. The molecule has 0 aliphatic heterocycles. The zero-order valence-corrected chi connectivity index (χ0v) is 15.9. The smallest absolute Gasteiger partial charge is 0.257 e. The van der Waals surface area contributed by atoms with Crippen LogP contribution in [0.3, 0.4) is 0 Å². The monoisotopic (exact) mass is 378 g/mol. The summed E-state index contributed by atoms with van der Waals surface area (Å²) in [7, 11) is 0. The van der Waals surface area contributed by atoms with Crippen molar-refractivity contribution < 1.29 is 9.59 Å². The fraction of sp³-hybridized carbons (Fsp3) is 0.263. The highest BCUT2D eigenvalue weighted by atomic mass is 35.5. The van der Waals surface area contributed by atoms with E-state index in [-0.39, 0.29) is 28.1 Å². The molecule has 2 N–H and O–H groups in total. The van der Waals surface area contributed by atoms with E-state index in [4.69, 9.17) is 23.2 Å². The molecule has 0 saturated heterocycles. The second-order valence-corrected chi connectivity index (χ2v) is 6.72. The number of hydrogen-bond acceptors (Lipinski definition) is 2. The molecule has 0 spiro atoms. The van der Waals surface area contributed by atoms with Gasteiger partial charge >= 0.3 is 0 Å². The topological polar surface area (TPSA) is 58.2 Å². The molecule has 0 bridgehead atoms. The molecule has 0 saturated carbocycles. The minimum atomic E-state index is -0.384. The Balaban J connectivity index is 2.37. The first-order valence-electron chi connectivity index (χ1n) is 7.99. The summed E-state index contributed by atoms with van der Waals surface area (Å²) in [6, 6.07) is 8.78. The molecule has 0 radical (unpaired) electrons. The molecule has 0 atom stereocenters. The first kappa shape index (κ1) is 19.3. The molecule has 2 rings (SSSR count). The van der Waals surface area contributed by atoms with Crippen LogP contribution in [0.25, 0.3) is 0 Å². The van der Waals surface area contributed by atoms with Crippen molar-refractivity contribution in [1.29, 1.82) is 0 Å². The Kier molecular flexibility index (Phi) is 6.45. The lowest BCUT2D eigenvalue weighted by Crippen LogP contribution is -2.19. The number of hydrogen-bond donors (Lipinski definition) is 2. The quantitative estimate of drug-likeness (QED) is 0.710. The zero-order valence-electron chi connectivity index (χ0n) is 14.4. The Hall–Kier alpha value is -2.04. The van der Waals surface area contributed by atoms with Gasteiger partial charge in [-0.3, -0.25) is 9.59 Å². The van der Waals surface area contributed by atoms with E-state index in [1.165, 1.54) is 12.1 Å². The largest absolute Gasteiger partial charge is 0.324 e. The zero-order chi connectivity index (χ0) is 18.6. The molecule has 0 aliphatic rings. The third kappa shape index (κ3) is 4.97. The predicted octanol–water partition coefficient (Wildman–Crippen LogP) is 5.60.